The Kier molecular flexibility index (Phi) is 2.91. The van der Waals surface area contributed by atoms with Gasteiger partial charge < -0.3 is 9.47 Å². The maximum atomic E-state index is 13.0. The fraction of sp³-hybridized carbons (Fsp3) is 0.526. The molecule has 5 heteroatoms. The van der Waals surface area contributed by atoms with Crippen LogP contribution in [0.4, 0.5) is 0 Å². The number of hydrogen-bond acceptors (Lipinski definition) is 3. The number of hydrogen-bond donors (Lipinski definition) is 0. The third-order valence-corrected chi connectivity index (χ3v) is 6.04. The summed E-state index contributed by atoms with van der Waals surface area (Å²) in [5.41, 5.74) is 1.01. The van der Waals surface area contributed by atoms with E-state index in [0.717, 1.165) is 55.9 Å². The Morgan fingerprint density at radius 3 is 2.62 bits per heavy atom. The number of fused-ring (bicyclic) bond motifs is 3. The lowest BCUT2D eigenvalue weighted by Crippen LogP contribution is -2.45. The van der Waals surface area contributed by atoms with Gasteiger partial charge in [-0.05, 0) is 25.7 Å². The second-order valence-electron chi connectivity index (χ2n) is 7.78. The maximum Gasteiger partial charge on any atom is 0.229 e. The van der Waals surface area contributed by atoms with Gasteiger partial charge in [0.1, 0.15) is 5.82 Å². The van der Waals surface area contributed by atoms with Crippen molar-refractivity contribution >= 4 is 5.91 Å². The summed E-state index contributed by atoms with van der Waals surface area (Å²) in [6.45, 7) is 2.94. The van der Waals surface area contributed by atoms with E-state index in [1.807, 2.05) is 18.2 Å². The molecule has 0 radical (unpaired) electrons. The highest BCUT2D eigenvalue weighted by atomic mass is 16.2. The lowest BCUT2D eigenvalue weighted by atomic mass is 10.1. The number of aromatic nitrogens is 3. The molecule has 1 saturated heterocycles. The fourth-order valence-corrected chi connectivity index (χ4v) is 4.29. The van der Waals surface area contributed by atoms with Gasteiger partial charge in [-0.3, -0.25) is 4.79 Å². The average Bonchev–Trinajstić information content (AvgIpc) is 3.11. The van der Waals surface area contributed by atoms with E-state index in [2.05, 4.69) is 38.7 Å². The van der Waals surface area contributed by atoms with Crippen LogP contribution in [0.1, 0.15) is 38.4 Å². The Labute approximate surface area is 141 Å². The van der Waals surface area contributed by atoms with Crippen molar-refractivity contribution in [3.63, 3.8) is 0 Å². The van der Waals surface area contributed by atoms with Crippen molar-refractivity contribution in [1.29, 1.82) is 0 Å². The molecule has 1 aromatic carbocycles. The van der Waals surface area contributed by atoms with Gasteiger partial charge in [-0.25, -0.2) is 0 Å². The highest BCUT2D eigenvalue weighted by Crippen LogP contribution is 2.49. The Hall–Kier alpha value is -2.17. The van der Waals surface area contributed by atoms with E-state index >= 15 is 0 Å². The minimum absolute atomic E-state index is 0.0895. The van der Waals surface area contributed by atoms with Crippen LogP contribution < -0.4 is 0 Å². The van der Waals surface area contributed by atoms with Crippen LogP contribution in [0, 0.1) is 5.41 Å². The molecule has 0 unspecified atom stereocenters. The van der Waals surface area contributed by atoms with Gasteiger partial charge in [-0.2, -0.15) is 0 Å². The van der Waals surface area contributed by atoms with Crippen LogP contribution in [-0.4, -0.2) is 37.7 Å². The second-order valence-corrected chi connectivity index (χ2v) is 7.78. The molecule has 24 heavy (non-hydrogen) atoms. The number of benzene rings is 1. The lowest BCUT2D eigenvalue weighted by molar-refractivity contribution is -0.139. The third kappa shape index (κ3) is 2.03. The number of carbonyl (C=O) groups excluding carboxylic acids is 1. The summed E-state index contributed by atoms with van der Waals surface area (Å²) in [4.78, 5) is 15.2. The SMILES string of the molecule is CC1(C(=O)N2[C@@H]3CC[C@H]2Cc2nnc(-c4ccccc4)n2C3)CC1. The number of amides is 1. The van der Waals surface area contributed by atoms with Gasteiger partial charge in [0.2, 0.25) is 5.91 Å². The molecule has 5 rings (SSSR count). The molecule has 1 amide bonds. The van der Waals surface area contributed by atoms with E-state index in [-0.39, 0.29) is 5.41 Å². The van der Waals surface area contributed by atoms with E-state index < -0.39 is 0 Å². The molecule has 2 aromatic rings. The van der Waals surface area contributed by atoms with Gasteiger partial charge in [-0.1, -0.05) is 37.3 Å². The monoisotopic (exact) mass is 322 g/mol. The van der Waals surface area contributed by atoms with E-state index in [1.54, 1.807) is 0 Å². The molecule has 1 aliphatic carbocycles. The van der Waals surface area contributed by atoms with E-state index in [4.69, 9.17) is 0 Å². The number of nitrogens with zero attached hydrogens (tertiary/aromatic N) is 4. The second kappa shape index (κ2) is 4.91. The van der Waals surface area contributed by atoms with E-state index in [1.165, 1.54) is 0 Å². The summed E-state index contributed by atoms with van der Waals surface area (Å²) in [7, 11) is 0. The highest BCUT2D eigenvalue weighted by molar-refractivity contribution is 5.85. The molecule has 124 valence electrons. The molecule has 3 aliphatic rings. The van der Waals surface area contributed by atoms with Crippen molar-refractivity contribution < 1.29 is 4.79 Å². The first-order chi connectivity index (χ1) is 11.7. The first-order valence-corrected chi connectivity index (χ1v) is 8.96. The van der Waals surface area contributed by atoms with E-state index in [9.17, 15) is 4.79 Å². The molecule has 2 atom stereocenters. The highest BCUT2D eigenvalue weighted by Gasteiger charge is 2.52. The Balaban J connectivity index is 1.51. The summed E-state index contributed by atoms with van der Waals surface area (Å²) in [6.07, 6.45) is 5.11. The zero-order valence-corrected chi connectivity index (χ0v) is 14.0. The van der Waals surface area contributed by atoms with Crippen LogP contribution in [0.2, 0.25) is 0 Å². The molecule has 2 aliphatic heterocycles. The first-order valence-electron chi connectivity index (χ1n) is 8.96. The van der Waals surface area contributed by atoms with Crippen LogP contribution in [0.15, 0.2) is 30.3 Å². The van der Waals surface area contributed by atoms with Crippen LogP contribution in [0.3, 0.4) is 0 Å². The molecule has 5 nitrogen and oxygen atoms in total. The number of carbonyl (C=O) groups is 1. The fourth-order valence-electron chi connectivity index (χ4n) is 4.29. The van der Waals surface area contributed by atoms with Gasteiger partial charge in [0.15, 0.2) is 5.82 Å². The van der Waals surface area contributed by atoms with Crippen molar-refractivity contribution in [2.45, 2.75) is 57.7 Å². The summed E-state index contributed by atoms with van der Waals surface area (Å²) in [6, 6.07) is 10.8. The molecule has 0 N–H and O–H groups in total. The summed E-state index contributed by atoms with van der Waals surface area (Å²) < 4.78 is 2.24. The predicted molar refractivity (Wildman–Crippen MR) is 90.2 cm³/mol. The quantitative estimate of drug-likeness (QED) is 0.854. The molecule has 2 fully saturated rings. The first kappa shape index (κ1) is 14.2. The van der Waals surface area contributed by atoms with Crippen molar-refractivity contribution in [1.82, 2.24) is 19.7 Å². The van der Waals surface area contributed by atoms with Gasteiger partial charge in [0, 0.05) is 30.0 Å². The largest absolute Gasteiger partial charge is 0.334 e. The Bertz CT molecular complexity index is 793. The van der Waals surface area contributed by atoms with Gasteiger partial charge in [-0.15, -0.1) is 10.2 Å². The minimum Gasteiger partial charge on any atom is -0.334 e. The zero-order valence-electron chi connectivity index (χ0n) is 14.0. The normalized spacial score (nSPS) is 26.8. The topological polar surface area (TPSA) is 51.0 Å². The molecular formula is C19H22N4O. The summed E-state index contributed by atoms with van der Waals surface area (Å²) in [5.74, 6) is 2.33. The third-order valence-electron chi connectivity index (χ3n) is 6.04. The number of rotatable bonds is 2. The Morgan fingerprint density at radius 2 is 1.88 bits per heavy atom. The van der Waals surface area contributed by atoms with Crippen molar-refractivity contribution in [3.05, 3.63) is 36.2 Å². The molecule has 3 heterocycles. The van der Waals surface area contributed by atoms with Crippen molar-refractivity contribution in [2.24, 2.45) is 5.41 Å². The predicted octanol–water partition coefficient (Wildman–Crippen LogP) is 2.66. The van der Waals surface area contributed by atoms with Crippen molar-refractivity contribution in [3.8, 4) is 11.4 Å². The molecule has 2 bridgehead atoms. The Morgan fingerprint density at radius 1 is 1.12 bits per heavy atom. The standard InChI is InChI=1S/C19H22N4O/c1-19(9-10-19)18(24)23-14-7-8-15(23)12-22-16(11-14)20-21-17(22)13-5-3-2-4-6-13/h2-6,14-15H,7-12H2,1H3/t14-,15+/m0/s1. The average molecular weight is 322 g/mol. The van der Waals surface area contributed by atoms with Gasteiger partial charge in [0.05, 0.1) is 6.04 Å². The lowest BCUT2D eigenvalue weighted by Gasteiger charge is -2.30. The van der Waals surface area contributed by atoms with Crippen LogP contribution in [-0.2, 0) is 17.8 Å². The van der Waals surface area contributed by atoms with Crippen LogP contribution in [0.5, 0.6) is 0 Å². The maximum absolute atomic E-state index is 13.0. The smallest absolute Gasteiger partial charge is 0.229 e. The summed E-state index contributed by atoms with van der Waals surface area (Å²) in [5, 5.41) is 8.91. The van der Waals surface area contributed by atoms with Gasteiger partial charge in [0.25, 0.3) is 0 Å². The summed E-state index contributed by atoms with van der Waals surface area (Å²) >= 11 is 0. The van der Waals surface area contributed by atoms with Crippen molar-refractivity contribution in [2.75, 3.05) is 0 Å². The molecule has 1 saturated carbocycles. The zero-order chi connectivity index (χ0) is 16.3. The van der Waals surface area contributed by atoms with Crippen LogP contribution >= 0.6 is 0 Å². The molecule has 1 aromatic heterocycles. The van der Waals surface area contributed by atoms with Crippen LogP contribution in [0.25, 0.3) is 11.4 Å². The minimum atomic E-state index is -0.0895. The van der Waals surface area contributed by atoms with E-state index in [0.29, 0.717) is 18.0 Å². The molecule has 0 spiro atoms. The molecular weight excluding hydrogens is 300 g/mol. The van der Waals surface area contributed by atoms with Gasteiger partial charge >= 0.3 is 0 Å².